The molecule has 2 heterocycles. The van der Waals surface area contributed by atoms with Crippen molar-refractivity contribution in [3.63, 3.8) is 0 Å². The Labute approximate surface area is 201 Å². The largest absolute Gasteiger partial charge is 0.493 e. The Hall–Kier alpha value is -3.10. The lowest BCUT2D eigenvalue weighted by Crippen LogP contribution is -2.29. The van der Waals surface area contributed by atoms with Gasteiger partial charge < -0.3 is 19.7 Å². The summed E-state index contributed by atoms with van der Waals surface area (Å²) in [5.74, 6) is 0.883. The number of carbonyl (C=O) groups is 2. The third kappa shape index (κ3) is 5.29. The molecule has 0 unspecified atom stereocenters. The molecule has 0 saturated carbocycles. The maximum Gasteiger partial charge on any atom is 0.256 e. The van der Waals surface area contributed by atoms with E-state index in [0.717, 1.165) is 36.5 Å². The molecule has 4 rings (SSSR count). The third-order valence-corrected chi connectivity index (χ3v) is 6.58. The summed E-state index contributed by atoms with van der Waals surface area (Å²) < 4.78 is 10.6. The number of ether oxygens (including phenoxy) is 2. The maximum atomic E-state index is 12.9. The second-order valence-electron chi connectivity index (χ2n) is 7.63. The summed E-state index contributed by atoms with van der Waals surface area (Å²) >= 11 is 7.57. The van der Waals surface area contributed by atoms with Gasteiger partial charge in [0.15, 0.2) is 11.5 Å². The van der Waals surface area contributed by atoms with Gasteiger partial charge in [0.1, 0.15) is 5.01 Å². The number of nitrogens with zero attached hydrogens (tertiary/aromatic N) is 2. The molecule has 0 radical (unpaired) electrons. The summed E-state index contributed by atoms with van der Waals surface area (Å²) in [5, 5.41) is 5.93. The summed E-state index contributed by atoms with van der Waals surface area (Å²) in [5.41, 5.74) is 2.38. The number of hydrogen-bond donors (Lipinski definition) is 1. The van der Waals surface area contributed by atoms with Gasteiger partial charge in [-0.25, -0.2) is 4.98 Å². The summed E-state index contributed by atoms with van der Waals surface area (Å²) in [6, 6.07) is 10.5. The van der Waals surface area contributed by atoms with Crippen molar-refractivity contribution in [2.75, 3.05) is 32.6 Å². The predicted octanol–water partition coefficient (Wildman–Crippen LogP) is 4.90. The van der Waals surface area contributed by atoms with Gasteiger partial charge >= 0.3 is 0 Å². The van der Waals surface area contributed by atoms with E-state index in [2.05, 4.69) is 10.3 Å². The van der Waals surface area contributed by atoms with Crippen LogP contribution in [0.2, 0.25) is 5.02 Å². The highest BCUT2D eigenvalue weighted by Gasteiger charge is 2.23. The number of methoxy groups -OCH3 is 2. The molecule has 1 fully saturated rings. The lowest BCUT2D eigenvalue weighted by Gasteiger charge is -2.18. The van der Waals surface area contributed by atoms with Crippen molar-refractivity contribution < 1.29 is 19.1 Å². The van der Waals surface area contributed by atoms with Gasteiger partial charge in [0.05, 0.1) is 37.6 Å². The van der Waals surface area contributed by atoms with Crippen LogP contribution in [0.3, 0.4) is 0 Å². The summed E-state index contributed by atoms with van der Waals surface area (Å²) in [6.45, 7) is 1.44. The molecule has 1 N–H and O–H groups in total. The minimum Gasteiger partial charge on any atom is -0.493 e. The van der Waals surface area contributed by atoms with Gasteiger partial charge in [-0.15, -0.1) is 11.3 Å². The van der Waals surface area contributed by atoms with Crippen LogP contribution in [0, 0.1) is 0 Å². The van der Waals surface area contributed by atoms with E-state index in [1.807, 2.05) is 23.6 Å². The number of anilines is 1. The number of nitrogens with one attached hydrogen (secondary N) is 1. The van der Waals surface area contributed by atoms with Crippen molar-refractivity contribution in [1.82, 2.24) is 9.88 Å². The molecule has 1 aromatic heterocycles. The van der Waals surface area contributed by atoms with Crippen LogP contribution >= 0.6 is 22.9 Å². The first-order chi connectivity index (χ1) is 16.0. The lowest BCUT2D eigenvalue weighted by atomic mass is 10.1. The first-order valence-electron chi connectivity index (χ1n) is 10.5. The van der Waals surface area contributed by atoms with Gasteiger partial charge in [0.2, 0.25) is 5.91 Å². The molecule has 1 aliphatic heterocycles. The van der Waals surface area contributed by atoms with Crippen LogP contribution in [-0.2, 0) is 11.2 Å². The van der Waals surface area contributed by atoms with Crippen molar-refractivity contribution in [1.29, 1.82) is 0 Å². The van der Waals surface area contributed by atoms with Crippen molar-refractivity contribution in [2.24, 2.45) is 0 Å². The highest BCUT2D eigenvalue weighted by Crippen LogP contribution is 2.33. The van der Waals surface area contributed by atoms with Crippen LogP contribution in [0.25, 0.3) is 10.6 Å². The molecule has 1 aliphatic rings. The fourth-order valence-corrected chi connectivity index (χ4v) is 4.73. The van der Waals surface area contributed by atoms with Gasteiger partial charge in [-0.2, -0.15) is 0 Å². The normalized spacial score (nSPS) is 13.1. The number of amides is 2. The first-order valence-corrected chi connectivity index (χ1v) is 11.8. The summed E-state index contributed by atoms with van der Waals surface area (Å²) in [7, 11) is 3.17. The molecule has 0 aliphatic carbocycles. The molecule has 7 nitrogen and oxygen atoms in total. The molecule has 0 bridgehead atoms. The number of likely N-dealkylation sites (tertiary alicyclic amines) is 1. The first kappa shape index (κ1) is 23.1. The second kappa shape index (κ2) is 10.2. The van der Waals surface area contributed by atoms with Crippen LogP contribution in [0.5, 0.6) is 11.5 Å². The van der Waals surface area contributed by atoms with Gasteiger partial charge in [0, 0.05) is 29.1 Å². The zero-order valence-corrected chi connectivity index (χ0v) is 20.0. The number of halogens is 1. The Balaban J connectivity index is 1.47. The zero-order valence-electron chi connectivity index (χ0n) is 18.4. The minimum atomic E-state index is -0.253. The Morgan fingerprint density at radius 2 is 1.85 bits per heavy atom. The van der Waals surface area contributed by atoms with Crippen LogP contribution in [-0.4, -0.2) is 49.0 Å². The highest BCUT2D eigenvalue weighted by molar-refractivity contribution is 7.13. The van der Waals surface area contributed by atoms with Gasteiger partial charge in [-0.3, -0.25) is 9.59 Å². The molecule has 0 spiro atoms. The summed E-state index contributed by atoms with van der Waals surface area (Å²) in [6.07, 6.45) is 2.06. The van der Waals surface area contributed by atoms with Gasteiger partial charge in [-0.05, 0) is 49.2 Å². The second-order valence-corrected chi connectivity index (χ2v) is 8.92. The Morgan fingerprint density at radius 1 is 1.09 bits per heavy atom. The average molecular weight is 486 g/mol. The number of aromatic nitrogens is 1. The quantitative estimate of drug-likeness (QED) is 0.515. The monoisotopic (exact) mass is 485 g/mol. The molecular formula is C24H24ClN3O4S. The fraction of sp³-hybridized carbons (Fsp3) is 0.292. The molecule has 0 atom stereocenters. The number of thiazole rings is 1. The van der Waals surface area contributed by atoms with Crippen LogP contribution in [0.4, 0.5) is 5.69 Å². The van der Waals surface area contributed by atoms with E-state index >= 15 is 0 Å². The minimum absolute atomic E-state index is 0.0871. The van der Waals surface area contributed by atoms with E-state index < -0.39 is 0 Å². The number of hydrogen-bond acceptors (Lipinski definition) is 6. The van der Waals surface area contributed by atoms with Gasteiger partial charge in [-0.1, -0.05) is 11.6 Å². The molecule has 2 amide bonds. The maximum absolute atomic E-state index is 12.9. The van der Waals surface area contributed by atoms with Crippen molar-refractivity contribution >= 4 is 40.4 Å². The van der Waals surface area contributed by atoms with Crippen molar-refractivity contribution in [3.05, 3.63) is 58.1 Å². The smallest absolute Gasteiger partial charge is 0.256 e. The Morgan fingerprint density at radius 3 is 2.58 bits per heavy atom. The number of carbonyl (C=O) groups excluding carboxylic acids is 2. The van der Waals surface area contributed by atoms with Crippen LogP contribution < -0.4 is 14.8 Å². The molecular weight excluding hydrogens is 462 g/mol. The predicted molar refractivity (Wildman–Crippen MR) is 130 cm³/mol. The SMILES string of the molecule is COc1ccc(-c2nc(CC(=O)Nc3ccc(Cl)cc3C(=O)N3CCCC3)cs2)cc1OC. The molecule has 9 heteroatoms. The topological polar surface area (TPSA) is 80.8 Å². The third-order valence-electron chi connectivity index (χ3n) is 5.40. The van der Waals surface area contributed by atoms with Crippen molar-refractivity contribution in [3.8, 4) is 22.1 Å². The van der Waals surface area contributed by atoms with E-state index in [0.29, 0.717) is 33.5 Å². The standard InChI is InChI=1S/C24H24ClN3O4S/c1-31-20-8-5-15(11-21(20)32-2)23-26-17(14-33-23)13-22(29)27-19-7-6-16(25)12-18(19)24(30)28-9-3-4-10-28/h5-8,11-12,14H,3-4,9-10,13H2,1-2H3,(H,27,29). The summed E-state index contributed by atoms with van der Waals surface area (Å²) in [4.78, 5) is 32.0. The molecule has 2 aromatic carbocycles. The molecule has 1 saturated heterocycles. The Bertz CT molecular complexity index is 1170. The number of benzene rings is 2. The van der Waals surface area contributed by atoms with E-state index in [1.54, 1.807) is 37.3 Å². The van der Waals surface area contributed by atoms with Crippen molar-refractivity contribution in [2.45, 2.75) is 19.3 Å². The van der Waals surface area contributed by atoms with E-state index in [1.165, 1.54) is 11.3 Å². The molecule has 33 heavy (non-hydrogen) atoms. The van der Waals surface area contributed by atoms with Gasteiger partial charge in [0.25, 0.3) is 5.91 Å². The molecule has 3 aromatic rings. The van der Waals surface area contributed by atoms with Crippen LogP contribution in [0.15, 0.2) is 41.8 Å². The Kier molecular flexibility index (Phi) is 7.15. The molecule has 172 valence electrons. The lowest BCUT2D eigenvalue weighted by molar-refractivity contribution is -0.115. The van der Waals surface area contributed by atoms with E-state index in [9.17, 15) is 9.59 Å². The van der Waals surface area contributed by atoms with E-state index in [-0.39, 0.29) is 18.2 Å². The average Bonchev–Trinajstić information content (AvgIpc) is 3.52. The van der Waals surface area contributed by atoms with Crippen LogP contribution in [0.1, 0.15) is 28.9 Å². The van der Waals surface area contributed by atoms with E-state index in [4.69, 9.17) is 21.1 Å². The highest BCUT2D eigenvalue weighted by atomic mass is 35.5. The zero-order chi connectivity index (χ0) is 23.4. The fourth-order valence-electron chi connectivity index (χ4n) is 3.74. The number of rotatable bonds is 7.